The average Bonchev–Trinajstić information content (AvgIpc) is 2.59. The smallest absolute Gasteiger partial charge is 0.356 e. The molecule has 0 atom stereocenters. The highest BCUT2D eigenvalue weighted by molar-refractivity contribution is 6.32. The topological polar surface area (TPSA) is 81.1 Å². The average molecular weight is 266 g/mol. The lowest BCUT2D eigenvalue weighted by Crippen LogP contribution is -2.06. The van der Waals surface area contributed by atoms with Gasteiger partial charge in [-0.2, -0.15) is 5.10 Å². The van der Waals surface area contributed by atoms with E-state index in [9.17, 15) is 4.79 Å². The molecule has 0 aliphatic heterocycles. The third kappa shape index (κ3) is 2.04. The number of benzene rings is 1. The SMILES string of the molecule is Cc1cc(C)c(-n2nc(C(=O)O)cc2N)c(Cl)c1. The van der Waals surface area contributed by atoms with Crippen LogP contribution in [0.15, 0.2) is 18.2 Å². The van der Waals surface area contributed by atoms with Crippen LogP contribution in [0.1, 0.15) is 21.6 Å². The van der Waals surface area contributed by atoms with Crippen LogP contribution in [0.3, 0.4) is 0 Å². The van der Waals surface area contributed by atoms with Crippen LogP contribution in [0.2, 0.25) is 5.02 Å². The first-order chi connectivity index (χ1) is 8.40. The molecule has 0 radical (unpaired) electrons. The number of halogens is 1. The maximum atomic E-state index is 10.9. The van der Waals surface area contributed by atoms with E-state index in [1.807, 2.05) is 19.9 Å². The highest BCUT2D eigenvalue weighted by Crippen LogP contribution is 2.27. The molecule has 94 valence electrons. The maximum absolute atomic E-state index is 10.9. The number of hydrogen-bond acceptors (Lipinski definition) is 3. The summed E-state index contributed by atoms with van der Waals surface area (Å²) in [4.78, 5) is 10.9. The zero-order valence-corrected chi connectivity index (χ0v) is 10.7. The number of aromatic nitrogens is 2. The molecule has 1 aromatic heterocycles. The molecule has 2 aromatic rings. The van der Waals surface area contributed by atoms with Crippen molar-refractivity contribution in [2.24, 2.45) is 0 Å². The predicted octanol–water partition coefficient (Wildman–Crippen LogP) is 2.42. The lowest BCUT2D eigenvalue weighted by Gasteiger charge is -2.11. The minimum atomic E-state index is -1.12. The van der Waals surface area contributed by atoms with Crippen LogP contribution in [0.4, 0.5) is 5.82 Å². The number of aryl methyl sites for hydroxylation is 2. The number of anilines is 1. The van der Waals surface area contributed by atoms with Crippen molar-refractivity contribution in [3.8, 4) is 5.69 Å². The van der Waals surface area contributed by atoms with Crippen molar-refractivity contribution < 1.29 is 9.90 Å². The van der Waals surface area contributed by atoms with Gasteiger partial charge in [0.15, 0.2) is 5.69 Å². The van der Waals surface area contributed by atoms with Crippen molar-refractivity contribution in [3.05, 3.63) is 40.0 Å². The number of rotatable bonds is 2. The summed E-state index contributed by atoms with van der Waals surface area (Å²) in [6.07, 6.45) is 0. The van der Waals surface area contributed by atoms with Gasteiger partial charge in [0.05, 0.1) is 10.7 Å². The number of carboxylic acid groups (broad SMARTS) is 1. The number of aromatic carboxylic acids is 1. The van der Waals surface area contributed by atoms with Crippen LogP contribution < -0.4 is 5.73 Å². The maximum Gasteiger partial charge on any atom is 0.356 e. The first-order valence-electron chi connectivity index (χ1n) is 5.26. The molecule has 5 nitrogen and oxygen atoms in total. The zero-order valence-electron chi connectivity index (χ0n) is 9.94. The number of nitrogen functional groups attached to an aromatic ring is 1. The molecule has 1 heterocycles. The second kappa shape index (κ2) is 4.34. The van der Waals surface area contributed by atoms with Crippen molar-refractivity contribution in [1.29, 1.82) is 0 Å². The number of hydrogen-bond donors (Lipinski definition) is 2. The molecule has 0 unspecified atom stereocenters. The van der Waals surface area contributed by atoms with Crippen LogP contribution >= 0.6 is 11.6 Å². The molecule has 1 aromatic carbocycles. The molecule has 0 fully saturated rings. The molecule has 6 heteroatoms. The number of carbonyl (C=O) groups is 1. The lowest BCUT2D eigenvalue weighted by atomic mass is 10.1. The molecule has 2 rings (SSSR count). The Morgan fingerprint density at radius 1 is 1.39 bits per heavy atom. The molecule has 0 saturated heterocycles. The van der Waals surface area contributed by atoms with E-state index in [0.717, 1.165) is 11.1 Å². The number of nitrogens with two attached hydrogens (primary N) is 1. The molecular formula is C12H12ClN3O2. The second-order valence-electron chi connectivity index (χ2n) is 4.08. The Morgan fingerprint density at radius 3 is 2.56 bits per heavy atom. The Kier molecular flexibility index (Phi) is 3.00. The highest BCUT2D eigenvalue weighted by Gasteiger charge is 2.16. The van der Waals surface area contributed by atoms with Gasteiger partial charge in [0.1, 0.15) is 5.82 Å². The minimum Gasteiger partial charge on any atom is -0.476 e. The Morgan fingerprint density at radius 2 is 2.06 bits per heavy atom. The van der Waals surface area contributed by atoms with Gasteiger partial charge in [-0.1, -0.05) is 17.7 Å². The summed E-state index contributed by atoms with van der Waals surface area (Å²) >= 11 is 6.17. The molecule has 0 bridgehead atoms. The van der Waals surface area contributed by atoms with Crippen molar-refractivity contribution >= 4 is 23.4 Å². The number of carboxylic acids is 1. The van der Waals surface area contributed by atoms with E-state index in [4.69, 9.17) is 22.4 Å². The van der Waals surface area contributed by atoms with Gasteiger partial charge < -0.3 is 10.8 Å². The van der Waals surface area contributed by atoms with Crippen molar-refractivity contribution in [2.45, 2.75) is 13.8 Å². The van der Waals surface area contributed by atoms with Crippen LogP contribution in [-0.4, -0.2) is 20.9 Å². The van der Waals surface area contributed by atoms with Gasteiger partial charge in [-0.25, -0.2) is 9.48 Å². The van der Waals surface area contributed by atoms with Gasteiger partial charge >= 0.3 is 5.97 Å². The van der Waals surface area contributed by atoms with E-state index in [1.165, 1.54) is 10.7 Å². The van der Waals surface area contributed by atoms with Gasteiger partial charge in [-0.15, -0.1) is 0 Å². The molecule has 0 amide bonds. The van der Waals surface area contributed by atoms with Gasteiger partial charge in [0, 0.05) is 6.07 Å². The summed E-state index contributed by atoms with van der Waals surface area (Å²) in [5, 5.41) is 13.3. The van der Waals surface area contributed by atoms with E-state index in [-0.39, 0.29) is 11.5 Å². The molecule has 3 N–H and O–H groups in total. The third-order valence-electron chi connectivity index (χ3n) is 2.57. The standard InChI is InChI=1S/C12H12ClN3O2/c1-6-3-7(2)11(8(13)4-6)16-10(14)5-9(15-16)12(17)18/h3-5H,14H2,1-2H3,(H,17,18). The Balaban J connectivity index is 2.66. The fraction of sp³-hybridized carbons (Fsp3) is 0.167. The quantitative estimate of drug-likeness (QED) is 0.874. The molecule has 0 spiro atoms. The second-order valence-corrected chi connectivity index (χ2v) is 4.49. The van der Waals surface area contributed by atoms with E-state index in [2.05, 4.69) is 5.10 Å². The van der Waals surface area contributed by atoms with Crippen LogP contribution in [-0.2, 0) is 0 Å². The highest BCUT2D eigenvalue weighted by atomic mass is 35.5. The zero-order chi connectivity index (χ0) is 13.4. The summed E-state index contributed by atoms with van der Waals surface area (Å²) in [6.45, 7) is 3.80. The van der Waals surface area contributed by atoms with Crippen LogP contribution in [0.25, 0.3) is 5.69 Å². The van der Waals surface area contributed by atoms with Crippen molar-refractivity contribution in [3.63, 3.8) is 0 Å². The van der Waals surface area contributed by atoms with Crippen LogP contribution in [0, 0.1) is 13.8 Å². The first kappa shape index (κ1) is 12.4. The summed E-state index contributed by atoms with van der Waals surface area (Å²) in [5.74, 6) is -0.886. The third-order valence-corrected chi connectivity index (χ3v) is 2.85. The molecule has 18 heavy (non-hydrogen) atoms. The fourth-order valence-corrected chi connectivity index (χ4v) is 2.26. The lowest BCUT2D eigenvalue weighted by molar-refractivity contribution is 0.0690. The Bertz CT molecular complexity index is 611. The van der Waals surface area contributed by atoms with Crippen LogP contribution in [0.5, 0.6) is 0 Å². The first-order valence-corrected chi connectivity index (χ1v) is 5.64. The van der Waals surface area contributed by atoms with E-state index in [0.29, 0.717) is 10.7 Å². The summed E-state index contributed by atoms with van der Waals surface area (Å²) < 4.78 is 1.35. The summed E-state index contributed by atoms with van der Waals surface area (Å²) in [6, 6.07) is 5.02. The Labute approximate surface area is 109 Å². The Hall–Kier alpha value is -2.01. The van der Waals surface area contributed by atoms with Gasteiger partial charge in [-0.05, 0) is 31.0 Å². The monoisotopic (exact) mass is 265 g/mol. The largest absolute Gasteiger partial charge is 0.476 e. The predicted molar refractivity (Wildman–Crippen MR) is 69.4 cm³/mol. The van der Waals surface area contributed by atoms with Gasteiger partial charge in [-0.3, -0.25) is 0 Å². The van der Waals surface area contributed by atoms with E-state index >= 15 is 0 Å². The van der Waals surface area contributed by atoms with Crippen molar-refractivity contribution in [1.82, 2.24) is 9.78 Å². The van der Waals surface area contributed by atoms with E-state index < -0.39 is 5.97 Å². The van der Waals surface area contributed by atoms with Gasteiger partial charge in [0.2, 0.25) is 0 Å². The number of nitrogens with zero attached hydrogens (tertiary/aromatic N) is 2. The van der Waals surface area contributed by atoms with Crippen molar-refractivity contribution in [2.75, 3.05) is 5.73 Å². The summed E-state index contributed by atoms with van der Waals surface area (Å²) in [5.41, 5.74) is 8.16. The van der Waals surface area contributed by atoms with Gasteiger partial charge in [0.25, 0.3) is 0 Å². The normalized spacial score (nSPS) is 10.6. The minimum absolute atomic E-state index is 0.108. The molecule has 0 aliphatic carbocycles. The molecule has 0 aliphatic rings. The molecular weight excluding hydrogens is 254 g/mol. The fourth-order valence-electron chi connectivity index (χ4n) is 1.86. The van der Waals surface area contributed by atoms with E-state index in [1.54, 1.807) is 6.07 Å². The molecule has 0 saturated carbocycles. The summed E-state index contributed by atoms with van der Waals surface area (Å²) in [7, 11) is 0.